The van der Waals surface area contributed by atoms with Gasteiger partial charge in [0.1, 0.15) is 11.6 Å². The van der Waals surface area contributed by atoms with Crippen LogP contribution in [0.4, 0.5) is 14.9 Å². The van der Waals surface area contributed by atoms with Crippen LogP contribution in [0.3, 0.4) is 0 Å². The van der Waals surface area contributed by atoms with E-state index < -0.39 is 11.4 Å². The van der Waals surface area contributed by atoms with Crippen molar-refractivity contribution >= 4 is 24.1 Å². The standard InChI is InChI=1S/C22H28FN3O3.ClH/c1-25(2)14-17-15-26(21(27)24-19-8-5-7-18(23)13-19)11-10-22(17,28)16-6-4-9-20(12-16)29-3;/h4-9,12-13,17,28H,10-11,14-15H2,1-3H3,(H,24,27);1H. The third kappa shape index (κ3) is 5.41. The maximum atomic E-state index is 13.4. The van der Waals surface area contributed by atoms with Gasteiger partial charge in [0.05, 0.1) is 12.7 Å². The minimum atomic E-state index is -1.07. The van der Waals surface area contributed by atoms with Gasteiger partial charge in [-0.05, 0) is 56.4 Å². The molecule has 0 aromatic heterocycles. The Hall–Kier alpha value is -2.35. The Kier molecular flexibility index (Phi) is 8.06. The number of carbonyl (C=O) groups excluding carboxylic acids is 1. The minimum absolute atomic E-state index is 0. The largest absolute Gasteiger partial charge is 0.497 e. The second kappa shape index (κ2) is 10.1. The molecule has 0 saturated carbocycles. The van der Waals surface area contributed by atoms with Crippen molar-refractivity contribution in [1.29, 1.82) is 0 Å². The van der Waals surface area contributed by atoms with E-state index >= 15 is 0 Å². The van der Waals surface area contributed by atoms with E-state index in [-0.39, 0.29) is 24.4 Å². The third-order valence-electron chi connectivity index (χ3n) is 5.40. The van der Waals surface area contributed by atoms with Crippen molar-refractivity contribution in [2.45, 2.75) is 12.0 Å². The zero-order valence-electron chi connectivity index (χ0n) is 17.5. The third-order valence-corrected chi connectivity index (χ3v) is 5.40. The molecule has 2 unspecified atom stereocenters. The average Bonchev–Trinajstić information content (AvgIpc) is 2.69. The molecule has 0 bridgehead atoms. The van der Waals surface area contributed by atoms with Gasteiger partial charge >= 0.3 is 6.03 Å². The number of piperidine rings is 1. The molecule has 30 heavy (non-hydrogen) atoms. The molecule has 2 aromatic carbocycles. The van der Waals surface area contributed by atoms with Crippen molar-refractivity contribution in [3.8, 4) is 5.75 Å². The van der Waals surface area contributed by atoms with Gasteiger partial charge in [-0.25, -0.2) is 9.18 Å². The Bertz CT molecular complexity index is 867. The lowest BCUT2D eigenvalue weighted by Crippen LogP contribution is -2.55. The number of hydrogen-bond donors (Lipinski definition) is 2. The Balaban J connectivity index is 0.00000320. The number of urea groups is 1. The number of carbonyl (C=O) groups is 1. The van der Waals surface area contributed by atoms with Crippen molar-refractivity contribution in [2.24, 2.45) is 5.92 Å². The first-order valence-electron chi connectivity index (χ1n) is 9.65. The molecular formula is C22H29ClFN3O3. The molecule has 164 valence electrons. The number of hydrogen-bond acceptors (Lipinski definition) is 4. The highest BCUT2D eigenvalue weighted by Crippen LogP contribution is 2.39. The number of nitrogens with zero attached hydrogens (tertiary/aromatic N) is 2. The Morgan fingerprint density at radius 2 is 2.03 bits per heavy atom. The molecule has 6 nitrogen and oxygen atoms in total. The first kappa shape index (κ1) is 23.9. The van der Waals surface area contributed by atoms with E-state index in [4.69, 9.17) is 4.74 Å². The van der Waals surface area contributed by atoms with Gasteiger partial charge in [-0.3, -0.25) is 0 Å². The van der Waals surface area contributed by atoms with Crippen LogP contribution in [0.15, 0.2) is 48.5 Å². The molecular weight excluding hydrogens is 409 g/mol. The summed E-state index contributed by atoms with van der Waals surface area (Å²) < 4.78 is 18.7. The van der Waals surface area contributed by atoms with Gasteiger partial charge in [0.2, 0.25) is 0 Å². The molecule has 1 fully saturated rings. The number of benzene rings is 2. The fourth-order valence-corrected chi connectivity index (χ4v) is 3.89. The molecule has 0 aliphatic carbocycles. The monoisotopic (exact) mass is 437 g/mol. The van der Waals surface area contributed by atoms with Crippen LogP contribution < -0.4 is 10.1 Å². The normalized spacial score (nSPS) is 21.1. The van der Waals surface area contributed by atoms with Gasteiger partial charge in [0.25, 0.3) is 0 Å². The summed E-state index contributed by atoms with van der Waals surface area (Å²) in [6.07, 6.45) is 0.398. The number of rotatable bonds is 5. The van der Waals surface area contributed by atoms with Gasteiger partial charge < -0.3 is 25.0 Å². The smallest absolute Gasteiger partial charge is 0.321 e. The van der Waals surface area contributed by atoms with Crippen molar-refractivity contribution < 1.29 is 19.0 Å². The summed E-state index contributed by atoms with van der Waals surface area (Å²) in [7, 11) is 5.48. The molecule has 1 aliphatic rings. The minimum Gasteiger partial charge on any atom is -0.497 e. The second-order valence-corrected chi connectivity index (χ2v) is 7.75. The maximum absolute atomic E-state index is 13.4. The molecule has 2 aromatic rings. The maximum Gasteiger partial charge on any atom is 0.321 e. The van der Waals surface area contributed by atoms with Gasteiger partial charge in [-0.2, -0.15) is 0 Å². The van der Waals surface area contributed by atoms with Gasteiger partial charge in [-0.15, -0.1) is 12.4 Å². The van der Waals surface area contributed by atoms with Crippen LogP contribution in [0.5, 0.6) is 5.75 Å². The van der Waals surface area contributed by atoms with Gasteiger partial charge in [0, 0.05) is 31.2 Å². The van der Waals surface area contributed by atoms with Crippen molar-refractivity contribution in [2.75, 3.05) is 46.2 Å². The van der Waals surface area contributed by atoms with Crippen LogP contribution >= 0.6 is 12.4 Å². The highest BCUT2D eigenvalue weighted by molar-refractivity contribution is 5.89. The summed E-state index contributed by atoms with van der Waals surface area (Å²) in [5, 5.41) is 14.4. The second-order valence-electron chi connectivity index (χ2n) is 7.75. The van der Waals surface area contributed by atoms with Crippen LogP contribution in [0.1, 0.15) is 12.0 Å². The van der Waals surface area contributed by atoms with E-state index in [1.807, 2.05) is 43.3 Å². The molecule has 2 N–H and O–H groups in total. The zero-order chi connectivity index (χ0) is 21.0. The lowest BCUT2D eigenvalue weighted by molar-refractivity contribution is -0.0750. The number of aliphatic hydroxyl groups is 1. The van der Waals surface area contributed by atoms with Crippen LogP contribution in [-0.4, -0.2) is 61.8 Å². The summed E-state index contributed by atoms with van der Waals surface area (Å²) in [6, 6.07) is 13.0. The number of amides is 2. The van der Waals surface area contributed by atoms with Crippen molar-refractivity contribution in [3.05, 3.63) is 59.9 Å². The number of likely N-dealkylation sites (tertiary alicyclic amines) is 1. The topological polar surface area (TPSA) is 65.0 Å². The van der Waals surface area contributed by atoms with Crippen molar-refractivity contribution in [1.82, 2.24) is 9.80 Å². The lowest BCUT2D eigenvalue weighted by Gasteiger charge is -2.45. The van der Waals surface area contributed by atoms with Crippen LogP contribution in [0.2, 0.25) is 0 Å². The van der Waals surface area contributed by atoms with E-state index in [2.05, 4.69) is 5.32 Å². The predicted molar refractivity (Wildman–Crippen MR) is 118 cm³/mol. The van der Waals surface area contributed by atoms with Crippen LogP contribution in [0, 0.1) is 11.7 Å². The van der Waals surface area contributed by atoms with Crippen LogP contribution in [-0.2, 0) is 5.60 Å². The zero-order valence-corrected chi connectivity index (χ0v) is 18.3. The van der Waals surface area contributed by atoms with E-state index in [1.54, 1.807) is 24.1 Å². The quantitative estimate of drug-likeness (QED) is 0.750. The molecule has 0 radical (unpaired) electrons. The Morgan fingerprint density at radius 1 is 1.30 bits per heavy atom. The SMILES string of the molecule is COc1cccc(C2(O)CCN(C(=O)Nc3cccc(F)c3)CC2CN(C)C)c1.Cl. The number of anilines is 1. The lowest BCUT2D eigenvalue weighted by atomic mass is 9.75. The molecule has 1 saturated heterocycles. The van der Waals surface area contributed by atoms with E-state index in [9.17, 15) is 14.3 Å². The highest BCUT2D eigenvalue weighted by Gasteiger charge is 2.44. The molecule has 3 rings (SSSR count). The molecule has 1 heterocycles. The summed E-state index contributed by atoms with van der Waals surface area (Å²) in [4.78, 5) is 16.4. The molecule has 8 heteroatoms. The summed E-state index contributed by atoms with van der Waals surface area (Å²) in [5.74, 6) is 0.0850. The molecule has 2 amide bonds. The predicted octanol–water partition coefficient (Wildman–Crippen LogP) is 3.56. The Morgan fingerprint density at radius 3 is 2.70 bits per heavy atom. The fraction of sp³-hybridized carbons (Fsp3) is 0.409. The molecule has 0 spiro atoms. The van der Waals surface area contributed by atoms with E-state index in [0.29, 0.717) is 37.5 Å². The van der Waals surface area contributed by atoms with Crippen LogP contribution in [0.25, 0.3) is 0 Å². The Labute approximate surface area is 183 Å². The number of halogens is 2. The number of methoxy groups -OCH3 is 1. The first-order valence-corrected chi connectivity index (χ1v) is 9.65. The van der Waals surface area contributed by atoms with Gasteiger partial charge in [0.15, 0.2) is 0 Å². The fourth-order valence-electron chi connectivity index (χ4n) is 3.89. The average molecular weight is 438 g/mol. The van der Waals surface area contributed by atoms with E-state index in [1.165, 1.54) is 12.1 Å². The van der Waals surface area contributed by atoms with Gasteiger partial charge in [-0.1, -0.05) is 18.2 Å². The first-order chi connectivity index (χ1) is 13.8. The highest BCUT2D eigenvalue weighted by atomic mass is 35.5. The summed E-state index contributed by atoms with van der Waals surface area (Å²) in [5.41, 5.74) is 0.121. The molecule has 2 atom stereocenters. The number of nitrogens with one attached hydrogen (secondary N) is 1. The number of ether oxygens (including phenoxy) is 1. The van der Waals surface area contributed by atoms with E-state index in [0.717, 1.165) is 5.56 Å². The molecule has 1 aliphatic heterocycles. The summed E-state index contributed by atoms with van der Waals surface area (Å²) in [6.45, 7) is 1.38. The van der Waals surface area contributed by atoms with Crippen molar-refractivity contribution in [3.63, 3.8) is 0 Å². The summed E-state index contributed by atoms with van der Waals surface area (Å²) >= 11 is 0.